The Morgan fingerprint density at radius 2 is 2.22 bits per heavy atom. The molecule has 0 aromatic carbocycles. The number of likely N-dealkylation sites (tertiary alicyclic amines) is 1. The van der Waals surface area contributed by atoms with E-state index in [1.165, 1.54) is 25.9 Å². The van der Waals surface area contributed by atoms with Gasteiger partial charge in [-0.25, -0.2) is 0 Å². The van der Waals surface area contributed by atoms with Crippen molar-refractivity contribution >= 4 is 0 Å². The molecule has 0 spiro atoms. The summed E-state index contributed by atoms with van der Waals surface area (Å²) in [6.45, 7) is 4.14. The lowest BCUT2D eigenvalue weighted by Crippen LogP contribution is -2.38. The molecular weight excluding hydrogens is 226 g/mol. The van der Waals surface area contributed by atoms with Crippen molar-refractivity contribution in [2.75, 3.05) is 40.3 Å². The summed E-state index contributed by atoms with van der Waals surface area (Å²) in [6.07, 6.45) is 4.30. The molecule has 2 rings (SSSR count). The molecule has 1 fully saturated rings. The maximum atomic E-state index is 5.88. The van der Waals surface area contributed by atoms with Gasteiger partial charge in [-0.3, -0.25) is 4.90 Å². The minimum Gasteiger partial charge on any atom is -0.468 e. The van der Waals surface area contributed by atoms with Crippen molar-refractivity contribution < 1.29 is 4.42 Å². The molecule has 1 saturated heterocycles. The number of hydrogen-bond acceptors (Lipinski definition) is 4. The average Bonchev–Trinajstić information content (AvgIpc) is 2.87. The topological polar surface area (TPSA) is 45.6 Å². The monoisotopic (exact) mass is 251 g/mol. The highest BCUT2D eigenvalue weighted by molar-refractivity contribution is 5.05. The normalized spacial score (nSPS) is 20.4. The molecule has 0 amide bonds. The number of rotatable bonds is 5. The van der Waals surface area contributed by atoms with Crippen molar-refractivity contribution in [1.82, 2.24) is 9.80 Å². The molecule has 0 radical (unpaired) electrons. The summed E-state index contributed by atoms with van der Waals surface area (Å²) in [7, 11) is 4.35. The third-order valence-corrected chi connectivity index (χ3v) is 4.01. The highest BCUT2D eigenvalue weighted by Crippen LogP contribution is 2.23. The predicted molar refractivity (Wildman–Crippen MR) is 73.4 cm³/mol. The Labute approximate surface area is 110 Å². The van der Waals surface area contributed by atoms with E-state index in [-0.39, 0.29) is 6.04 Å². The van der Waals surface area contributed by atoms with Crippen LogP contribution >= 0.6 is 0 Å². The maximum absolute atomic E-state index is 5.88. The minimum absolute atomic E-state index is 0.208. The Morgan fingerprint density at radius 3 is 2.78 bits per heavy atom. The summed E-state index contributed by atoms with van der Waals surface area (Å²) in [6, 6.07) is 4.16. The van der Waals surface area contributed by atoms with Crippen LogP contribution in [0, 0.1) is 5.92 Å². The number of nitrogens with zero attached hydrogens (tertiary/aromatic N) is 2. The van der Waals surface area contributed by atoms with E-state index < -0.39 is 0 Å². The summed E-state index contributed by atoms with van der Waals surface area (Å²) in [5.74, 6) is 1.77. The number of likely N-dealkylation sites (N-methyl/N-ethyl adjacent to an activating group) is 1. The molecule has 0 bridgehead atoms. The van der Waals surface area contributed by atoms with Gasteiger partial charge in [-0.05, 0) is 58.1 Å². The third-order valence-electron chi connectivity index (χ3n) is 4.01. The molecule has 1 unspecified atom stereocenters. The second kappa shape index (κ2) is 6.36. The molecular formula is C14H25N3O. The summed E-state index contributed by atoms with van der Waals surface area (Å²) < 4.78 is 5.48. The van der Waals surface area contributed by atoms with Crippen LogP contribution < -0.4 is 5.73 Å². The van der Waals surface area contributed by atoms with Crippen molar-refractivity contribution in [3.63, 3.8) is 0 Å². The molecule has 4 heteroatoms. The fourth-order valence-electron chi connectivity index (χ4n) is 2.77. The smallest absolute Gasteiger partial charge is 0.122 e. The predicted octanol–water partition coefficient (Wildman–Crippen LogP) is 1.55. The van der Waals surface area contributed by atoms with Crippen molar-refractivity contribution in [3.8, 4) is 0 Å². The minimum atomic E-state index is 0.208. The average molecular weight is 251 g/mol. The van der Waals surface area contributed by atoms with Crippen LogP contribution in [0.15, 0.2) is 22.8 Å². The second-order valence-corrected chi connectivity index (χ2v) is 5.45. The number of piperidine rings is 1. The fourth-order valence-corrected chi connectivity index (χ4v) is 2.77. The Bertz CT molecular complexity index is 331. The van der Waals surface area contributed by atoms with Gasteiger partial charge in [-0.15, -0.1) is 0 Å². The molecule has 0 saturated carbocycles. The van der Waals surface area contributed by atoms with Gasteiger partial charge >= 0.3 is 0 Å². The molecule has 1 aliphatic rings. The fraction of sp³-hybridized carbons (Fsp3) is 0.714. The molecule has 1 aromatic rings. The first kappa shape index (κ1) is 13.6. The van der Waals surface area contributed by atoms with Crippen LogP contribution in [0.4, 0.5) is 0 Å². The highest BCUT2D eigenvalue weighted by atomic mass is 16.3. The van der Waals surface area contributed by atoms with E-state index in [9.17, 15) is 0 Å². The molecule has 18 heavy (non-hydrogen) atoms. The lowest BCUT2D eigenvalue weighted by atomic mass is 9.96. The lowest BCUT2D eigenvalue weighted by molar-refractivity contribution is 0.142. The standard InChI is InChI=1S/C14H25N3O/c1-16-7-5-12(6-8-16)11-17(2)13(10-15)14-4-3-9-18-14/h3-4,9,12-13H,5-8,10-11,15H2,1-2H3. The van der Waals surface area contributed by atoms with E-state index in [0.717, 1.165) is 18.2 Å². The zero-order valence-electron chi connectivity index (χ0n) is 11.5. The van der Waals surface area contributed by atoms with E-state index in [2.05, 4.69) is 23.9 Å². The van der Waals surface area contributed by atoms with Gasteiger partial charge in [0.15, 0.2) is 0 Å². The molecule has 1 aliphatic heterocycles. The quantitative estimate of drug-likeness (QED) is 0.862. The van der Waals surface area contributed by atoms with Gasteiger partial charge in [0.25, 0.3) is 0 Å². The SMILES string of the molecule is CN1CCC(CN(C)C(CN)c2ccco2)CC1. The molecule has 1 aromatic heterocycles. The van der Waals surface area contributed by atoms with Gasteiger partial charge in [-0.2, -0.15) is 0 Å². The van der Waals surface area contributed by atoms with E-state index in [1.807, 2.05) is 12.1 Å². The third kappa shape index (κ3) is 3.34. The Balaban J connectivity index is 1.88. The molecule has 4 nitrogen and oxygen atoms in total. The van der Waals surface area contributed by atoms with E-state index in [0.29, 0.717) is 6.54 Å². The summed E-state index contributed by atoms with van der Waals surface area (Å²) in [5.41, 5.74) is 5.88. The van der Waals surface area contributed by atoms with Crippen LogP contribution in [-0.2, 0) is 0 Å². The number of hydrogen-bond donors (Lipinski definition) is 1. The molecule has 0 aliphatic carbocycles. The lowest BCUT2D eigenvalue weighted by Gasteiger charge is -2.34. The molecule has 2 N–H and O–H groups in total. The first-order valence-electron chi connectivity index (χ1n) is 6.83. The molecule has 102 valence electrons. The number of furan rings is 1. The Hall–Kier alpha value is -0.840. The van der Waals surface area contributed by atoms with Gasteiger partial charge in [0.05, 0.1) is 12.3 Å². The van der Waals surface area contributed by atoms with Crippen LogP contribution in [0.1, 0.15) is 24.6 Å². The van der Waals surface area contributed by atoms with Crippen LogP contribution in [0.2, 0.25) is 0 Å². The first-order valence-corrected chi connectivity index (χ1v) is 6.83. The van der Waals surface area contributed by atoms with E-state index in [1.54, 1.807) is 6.26 Å². The molecule has 2 heterocycles. The largest absolute Gasteiger partial charge is 0.468 e. The van der Waals surface area contributed by atoms with Gasteiger partial charge < -0.3 is 15.1 Å². The van der Waals surface area contributed by atoms with Gasteiger partial charge in [0, 0.05) is 13.1 Å². The highest BCUT2D eigenvalue weighted by Gasteiger charge is 2.23. The summed E-state index contributed by atoms with van der Waals surface area (Å²) >= 11 is 0. The van der Waals surface area contributed by atoms with Gasteiger partial charge in [0.1, 0.15) is 5.76 Å². The zero-order valence-corrected chi connectivity index (χ0v) is 11.5. The summed E-state index contributed by atoms with van der Waals surface area (Å²) in [4.78, 5) is 4.75. The zero-order chi connectivity index (χ0) is 13.0. The van der Waals surface area contributed by atoms with Crippen LogP contribution in [-0.4, -0.2) is 50.1 Å². The van der Waals surface area contributed by atoms with Crippen LogP contribution in [0.25, 0.3) is 0 Å². The van der Waals surface area contributed by atoms with Crippen molar-refractivity contribution in [3.05, 3.63) is 24.2 Å². The van der Waals surface area contributed by atoms with E-state index >= 15 is 0 Å². The summed E-state index contributed by atoms with van der Waals surface area (Å²) in [5, 5.41) is 0. The Morgan fingerprint density at radius 1 is 1.50 bits per heavy atom. The van der Waals surface area contributed by atoms with Crippen molar-refractivity contribution in [1.29, 1.82) is 0 Å². The maximum Gasteiger partial charge on any atom is 0.122 e. The van der Waals surface area contributed by atoms with Crippen LogP contribution in [0.5, 0.6) is 0 Å². The van der Waals surface area contributed by atoms with Crippen LogP contribution in [0.3, 0.4) is 0 Å². The van der Waals surface area contributed by atoms with E-state index in [4.69, 9.17) is 10.2 Å². The Kier molecular flexibility index (Phi) is 4.80. The van der Waals surface area contributed by atoms with Gasteiger partial charge in [0.2, 0.25) is 0 Å². The number of nitrogens with two attached hydrogens (primary N) is 1. The second-order valence-electron chi connectivity index (χ2n) is 5.45. The van der Waals surface area contributed by atoms with Crippen molar-refractivity contribution in [2.45, 2.75) is 18.9 Å². The van der Waals surface area contributed by atoms with Crippen molar-refractivity contribution in [2.24, 2.45) is 11.7 Å². The first-order chi connectivity index (χ1) is 8.70. The molecule has 1 atom stereocenters. The van der Waals surface area contributed by atoms with Gasteiger partial charge in [-0.1, -0.05) is 0 Å².